The number of carbonyl (C=O) groups excluding carboxylic acids is 1. The molecule has 7 nitrogen and oxygen atoms in total. The van der Waals surface area contributed by atoms with Crippen molar-refractivity contribution in [2.45, 2.75) is 52.2 Å². The molecule has 1 heterocycles. The van der Waals surface area contributed by atoms with Crippen LogP contribution < -0.4 is 14.8 Å². The van der Waals surface area contributed by atoms with E-state index in [1.54, 1.807) is 6.92 Å². The molecule has 0 aliphatic heterocycles. The number of nitrogens with zero attached hydrogens (tertiary/aromatic N) is 2. The topological polar surface area (TPSA) is 86.5 Å². The van der Waals surface area contributed by atoms with Crippen molar-refractivity contribution in [3.8, 4) is 22.9 Å². The number of ether oxygens (including phenoxy) is 2. The molecule has 1 atom stereocenters. The normalized spacial score (nSPS) is 13.9. The van der Waals surface area contributed by atoms with Gasteiger partial charge in [0, 0.05) is 5.56 Å². The lowest BCUT2D eigenvalue weighted by molar-refractivity contribution is -0.127. The monoisotopic (exact) mass is 421 g/mol. The fourth-order valence-electron chi connectivity index (χ4n) is 3.72. The van der Waals surface area contributed by atoms with Gasteiger partial charge in [0.1, 0.15) is 11.5 Å². The lowest BCUT2D eigenvalue weighted by Gasteiger charge is -2.21. The maximum Gasteiger partial charge on any atom is 0.261 e. The smallest absolute Gasteiger partial charge is 0.261 e. The molecule has 0 radical (unpaired) electrons. The molecule has 1 aliphatic rings. The van der Waals surface area contributed by atoms with Gasteiger partial charge in [-0.05, 0) is 81.0 Å². The number of aromatic nitrogens is 2. The number of aryl methyl sites for hydroxylation is 1. The highest BCUT2D eigenvalue weighted by Crippen LogP contribution is 2.30. The molecule has 0 fully saturated rings. The number of hydrogen-bond donors (Lipinski definition) is 1. The third-order valence-electron chi connectivity index (χ3n) is 5.33. The molecule has 7 heteroatoms. The van der Waals surface area contributed by atoms with Crippen LogP contribution in [0.1, 0.15) is 43.7 Å². The summed E-state index contributed by atoms with van der Waals surface area (Å²) in [6, 6.07) is 13.5. The molecule has 3 aromatic rings. The Morgan fingerprint density at radius 1 is 1.16 bits per heavy atom. The van der Waals surface area contributed by atoms with Crippen LogP contribution in [0.5, 0.6) is 11.5 Å². The minimum absolute atomic E-state index is 0.142. The molecule has 0 saturated heterocycles. The summed E-state index contributed by atoms with van der Waals surface area (Å²) in [6.45, 7) is 4.44. The molecule has 31 heavy (non-hydrogen) atoms. The van der Waals surface area contributed by atoms with Gasteiger partial charge in [-0.3, -0.25) is 4.79 Å². The Morgan fingerprint density at radius 3 is 2.77 bits per heavy atom. The van der Waals surface area contributed by atoms with E-state index in [1.807, 2.05) is 43.3 Å². The van der Waals surface area contributed by atoms with Crippen molar-refractivity contribution in [3.63, 3.8) is 0 Å². The number of fused-ring (bicyclic) bond motifs is 1. The van der Waals surface area contributed by atoms with Crippen molar-refractivity contribution < 1.29 is 18.8 Å². The molecule has 4 rings (SSSR count). The van der Waals surface area contributed by atoms with Gasteiger partial charge in [-0.1, -0.05) is 17.3 Å². The zero-order chi connectivity index (χ0) is 21.6. The molecule has 2 aromatic carbocycles. The van der Waals surface area contributed by atoms with E-state index in [0.717, 1.165) is 36.3 Å². The number of nitrogens with one attached hydrogen (secondary N) is 1. The summed E-state index contributed by atoms with van der Waals surface area (Å²) < 4.78 is 16.7. The van der Waals surface area contributed by atoms with Crippen molar-refractivity contribution in [1.29, 1.82) is 0 Å². The number of carbonyl (C=O) groups is 1. The van der Waals surface area contributed by atoms with Crippen molar-refractivity contribution in [2.24, 2.45) is 0 Å². The van der Waals surface area contributed by atoms with E-state index in [1.165, 1.54) is 17.5 Å². The van der Waals surface area contributed by atoms with E-state index in [4.69, 9.17) is 14.0 Å². The summed E-state index contributed by atoms with van der Waals surface area (Å²) in [5.74, 6) is 2.16. The van der Waals surface area contributed by atoms with Gasteiger partial charge in [-0.2, -0.15) is 4.98 Å². The number of benzene rings is 2. The maximum atomic E-state index is 12.5. The fraction of sp³-hybridized carbons (Fsp3) is 0.375. The van der Waals surface area contributed by atoms with Gasteiger partial charge in [0.05, 0.1) is 13.2 Å². The van der Waals surface area contributed by atoms with E-state index in [0.29, 0.717) is 18.3 Å². The average molecular weight is 421 g/mol. The Hall–Kier alpha value is -3.35. The number of hydrogen-bond acceptors (Lipinski definition) is 6. The Bertz CT molecular complexity index is 1030. The molecule has 0 bridgehead atoms. The summed E-state index contributed by atoms with van der Waals surface area (Å²) in [5.41, 5.74) is 3.37. The predicted molar refractivity (Wildman–Crippen MR) is 116 cm³/mol. The molecular formula is C24H27N3O4. The first kappa shape index (κ1) is 20.9. The second-order valence-electron chi connectivity index (χ2n) is 7.55. The highest BCUT2D eigenvalue weighted by molar-refractivity contribution is 5.80. The summed E-state index contributed by atoms with van der Waals surface area (Å²) in [6.07, 6.45) is 3.80. The van der Waals surface area contributed by atoms with E-state index >= 15 is 0 Å². The van der Waals surface area contributed by atoms with Crippen LogP contribution >= 0.6 is 0 Å². The van der Waals surface area contributed by atoms with E-state index in [9.17, 15) is 4.79 Å². The molecule has 0 saturated carbocycles. The van der Waals surface area contributed by atoms with Gasteiger partial charge in [-0.25, -0.2) is 0 Å². The van der Waals surface area contributed by atoms with Gasteiger partial charge >= 0.3 is 0 Å². The predicted octanol–water partition coefficient (Wildman–Crippen LogP) is 4.10. The lowest BCUT2D eigenvalue weighted by Crippen LogP contribution is -2.36. The zero-order valence-corrected chi connectivity index (χ0v) is 17.9. The van der Waals surface area contributed by atoms with E-state index < -0.39 is 6.10 Å². The largest absolute Gasteiger partial charge is 0.494 e. The third-order valence-corrected chi connectivity index (χ3v) is 5.33. The molecule has 1 N–H and O–H groups in total. The van der Waals surface area contributed by atoms with Crippen LogP contribution in [-0.2, 0) is 24.2 Å². The standard InChI is InChI=1S/C24H27N3O4/c1-3-29-19-13-11-18(12-14-19)23-26-22(31-27-23)15-25-24(28)16(2)30-21-10-6-8-17-7-4-5-9-20(17)21/h6,8,10-14,16H,3-5,7,9,15H2,1-2H3,(H,25,28)/t16-/m1/s1. The van der Waals surface area contributed by atoms with Gasteiger partial charge in [0.2, 0.25) is 11.7 Å². The maximum absolute atomic E-state index is 12.5. The van der Waals surface area contributed by atoms with Gasteiger partial charge in [0.25, 0.3) is 5.91 Å². The SMILES string of the molecule is CCOc1ccc(-c2noc(CNC(=O)[C@@H](C)Oc3cccc4c3CCCC4)n2)cc1. The van der Waals surface area contributed by atoms with Crippen LogP contribution in [0.2, 0.25) is 0 Å². The Kier molecular flexibility index (Phi) is 6.50. The zero-order valence-electron chi connectivity index (χ0n) is 17.9. The van der Waals surface area contributed by atoms with Gasteiger partial charge in [-0.15, -0.1) is 0 Å². The second kappa shape index (κ2) is 9.64. The first-order valence-electron chi connectivity index (χ1n) is 10.7. The van der Waals surface area contributed by atoms with Crippen molar-refractivity contribution >= 4 is 5.91 Å². The Labute approximate surface area is 181 Å². The number of rotatable bonds is 8. The highest BCUT2D eigenvalue weighted by atomic mass is 16.5. The fourth-order valence-corrected chi connectivity index (χ4v) is 3.72. The molecule has 162 valence electrons. The quantitative estimate of drug-likeness (QED) is 0.589. The minimum atomic E-state index is -0.623. The third kappa shape index (κ3) is 5.05. The molecule has 1 amide bonds. The molecule has 0 unspecified atom stereocenters. The minimum Gasteiger partial charge on any atom is -0.494 e. The second-order valence-corrected chi connectivity index (χ2v) is 7.55. The van der Waals surface area contributed by atoms with Gasteiger partial charge in [0.15, 0.2) is 6.10 Å². The van der Waals surface area contributed by atoms with Crippen LogP contribution in [-0.4, -0.2) is 28.8 Å². The van der Waals surface area contributed by atoms with Crippen LogP contribution in [0.4, 0.5) is 0 Å². The van der Waals surface area contributed by atoms with Crippen molar-refractivity contribution in [1.82, 2.24) is 15.5 Å². The molecular weight excluding hydrogens is 394 g/mol. The first-order chi connectivity index (χ1) is 15.1. The summed E-state index contributed by atoms with van der Waals surface area (Å²) >= 11 is 0. The molecule has 1 aliphatic carbocycles. The Balaban J connectivity index is 1.33. The lowest BCUT2D eigenvalue weighted by atomic mass is 9.91. The van der Waals surface area contributed by atoms with Gasteiger partial charge < -0.3 is 19.3 Å². The first-order valence-corrected chi connectivity index (χ1v) is 10.7. The van der Waals surface area contributed by atoms with E-state index in [-0.39, 0.29) is 12.5 Å². The summed E-state index contributed by atoms with van der Waals surface area (Å²) in [5, 5.41) is 6.80. The average Bonchev–Trinajstić information content (AvgIpc) is 3.27. The molecule has 1 aromatic heterocycles. The summed E-state index contributed by atoms with van der Waals surface area (Å²) in [4.78, 5) is 16.9. The van der Waals surface area contributed by atoms with E-state index in [2.05, 4.69) is 21.5 Å². The highest BCUT2D eigenvalue weighted by Gasteiger charge is 2.20. The Morgan fingerprint density at radius 2 is 1.97 bits per heavy atom. The summed E-state index contributed by atoms with van der Waals surface area (Å²) in [7, 11) is 0. The van der Waals surface area contributed by atoms with Crippen LogP contribution in [0.15, 0.2) is 47.0 Å². The van der Waals surface area contributed by atoms with Crippen LogP contribution in [0.25, 0.3) is 11.4 Å². The molecule has 0 spiro atoms. The van der Waals surface area contributed by atoms with Crippen LogP contribution in [0.3, 0.4) is 0 Å². The van der Waals surface area contributed by atoms with Crippen molar-refractivity contribution in [3.05, 3.63) is 59.5 Å². The number of amides is 1. The van der Waals surface area contributed by atoms with Crippen molar-refractivity contribution in [2.75, 3.05) is 6.61 Å². The van der Waals surface area contributed by atoms with Crippen LogP contribution in [0, 0.1) is 0 Å².